The number of likely N-dealkylation sites (N-methyl/N-ethyl adjacent to an activating group) is 1. The zero-order valence-corrected chi connectivity index (χ0v) is 12.2. The summed E-state index contributed by atoms with van der Waals surface area (Å²) < 4.78 is 0. The first-order chi connectivity index (χ1) is 9.35. The van der Waals surface area contributed by atoms with E-state index in [2.05, 4.69) is 28.1 Å². The fourth-order valence-corrected chi connectivity index (χ4v) is 1.50. The molecule has 0 aliphatic rings. The summed E-state index contributed by atoms with van der Waals surface area (Å²) in [6.07, 6.45) is 0. The second-order valence-corrected chi connectivity index (χ2v) is 4.59. The van der Waals surface area contributed by atoms with E-state index in [-0.39, 0.29) is 12.3 Å². The topological polar surface area (TPSA) is 134 Å². The van der Waals surface area contributed by atoms with Crippen LogP contribution in [0.1, 0.15) is 0 Å². The van der Waals surface area contributed by atoms with Crippen molar-refractivity contribution in [2.24, 2.45) is 5.90 Å². The Morgan fingerprint density at radius 2 is 1.90 bits per heavy atom. The van der Waals surface area contributed by atoms with E-state index >= 15 is 0 Å². The number of carbonyl (C=O) groups is 3. The molecule has 0 aliphatic carbocycles. The van der Waals surface area contributed by atoms with Crippen molar-refractivity contribution in [2.45, 2.75) is 12.1 Å². The summed E-state index contributed by atoms with van der Waals surface area (Å²) in [7, 11) is 3.36. The highest BCUT2D eigenvalue weighted by Crippen LogP contribution is 1.93. The van der Waals surface area contributed by atoms with Crippen LogP contribution in [0.5, 0.6) is 0 Å². The molecule has 2 atom stereocenters. The molecular formula is C10H20N4O5S. The molecule has 0 unspecified atom stereocenters. The molecule has 9 nitrogen and oxygen atoms in total. The molecule has 0 radical (unpaired) electrons. The Morgan fingerprint density at radius 3 is 2.30 bits per heavy atom. The van der Waals surface area contributed by atoms with Crippen molar-refractivity contribution in [3.05, 3.63) is 0 Å². The van der Waals surface area contributed by atoms with Crippen LogP contribution in [-0.2, 0) is 19.2 Å². The summed E-state index contributed by atoms with van der Waals surface area (Å²) in [4.78, 5) is 40.1. The number of aliphatic hydroxyl groups excluding tert-OH is 1. The van der Waals surface area contributed by atoms with Gasteiger partial charge < -0.3 is 25.5 Å². The Morgan fingerprint density at radius 1 is 1.30 bits per heavy atom. The van der Waals surface area contributed by atoms with E-state index in [0.717, 1.165) is 0 Å². The van der Waals surface area contributed by atoms with Crippen LogP contribution in [0.15, 0.2) is 0 Å². The van der Waals surface area contributed by atoms with E-state index in [9.17, 15) is 14.4 Å². The van der Waals surface area contributed by atoms with Crippen LogP contribution in [0.2, 0.25) is 0 Å². The molecule has 0 aliphatic heterocycles. The highest BCUT2D eigenvalue weighted by atomic mass is 32.1. The van der Waals surface area contributed by atoms with Gasteiger partial charge in [-0.15, -0.1) is 0 Å². The normalized spacial score (nSPS) is 13.5. The zero-order valence-electron chi connectivity index (χ0n) is 11.3. The van der Waals surface area contributed by atoms with E-state index in [0.29, 0.717) is 0 Å². The van der Waals surface area contributed by atoms with Gasteiger partial charge in [0.05, 0.1) is 13.2 Å². The summed E-state index contributed by atoms with van der Waals surface area (Å²) in [6.45, 7) is -0.549. The number of hydrogen-bond donors (Lipinski definition) is 5. The van der Waals surface area contributed by atoms with E-state index in [1.54, 1.807) is 19.0 Å². The second kappa shape index (κ2) is 9.53. The van der Waals surface area contributed by atoms with Crippen LogP contribution in [0.25, 0.3) is 0 Å². The van der Waals surface area contributed by atoms with E-state index in [4.69, 9.17) is 11.0 Å². The molecule has 0 aromatic rings. The summed E-state index contributed by atoms with van der Waals surface area (Å²) in [5.74, 6) is 2.63. The van der Waals surface area contributed by atoms with Gasteiger partial charge in [0.25, 0.3) is 0 Å². The number of hydrogen-bond acceptors (Lipinski definition) is 8. The molecule has 0 fully saturated rings. The van der Waals surface area contributed by atoms with Crippen LogP contribution < -0.4 is 16.5 Å². The molecule has 2 amide bonds. The quantitative estimate of drug-likeness (QED) is 0.236. The molecule has 0 bridgehead atoms. The summed E-state index contributed by atoms with van der Waals surface area (Å²) >= 11 is 3.87. The predicted molar refractivity (Wildman–Crippen MR) is 73.6 cm³/mol. The maximum atomic E-state index is 11.8. The smallest absolute Gasteiger partial charge is 0.347 e. The first-order valence-corrected chi connectivity index (χ1v) is 6.35. The van der Waals surface area contributed by atoms with Crippen LogP contribution in [0, 0.1) is 0 Å². The lowest BCUT2D eigenvalue weighted by molar-refractivity contribution is -0.148. The molecule has 116 valence electrons. The van der Waals surface area contributed by atoms with Gasteiger partial charge in [-0.05, 0) is 14.1 Å². The first-order valence-electron chi connectivity index (χ1n) is 5.72. The number of amides is 2. The molecule has 20 heavy (non-hydrogen) atoms. The molecule has 5 N–H and O–H groups in total. The Hall–Kier alpha value is -1.36. The lowest BCUT2D eigenvalue weighted by atomic mass is 10.2. The van der Waals surface area contributed by atoms with Gasteiger partial charge in [-0.25, -0.2) is 4.79 Å². The number of nitrogens with zero attached hydrogens (tertiary/aromatic N) is 1. The summed E-state index contributed by atoms with van der Waals surface area (Å²) in [6, 6.07) is -2.23. The minimum Gasteiger partial charge on any atom is -0.394 e. The van der Waals surface area contributed by atoms with Gasteiger partial charge in [0.15, 0.2) is 0 Å². The Balaban J connectivity index is 4.53. The average molecular weight is 308 g/mol. The maximum absolute atomic E-state index is 11.8. The number of nitrogens with two attached hydrogens (primary N) is 1. The van der Waals surface area contributed by atoms with E-state index < -0.39 is 36.5 Å². The fourth-order valence-electron chi connectivity index (χ4n) is 1.25. The lowest BCUT2D eigenvalue weighted by Crippen LogP contribution is -2.55. The van der Waals surface area contributed by atoms with Gasteiger partial charge in [-0.2, -0.15) is 18.5 Å². The molecule has 0 heterocycles. The van der Waals surface area contributed by atoms with Gasteiger partial charge in [-0.1, -0.05) is 0 Å². The monoisotopic (exact) mass is 308 g/mol. The predicted octanol–water partition coefficient (Wildman–Crippen LogP) is -3.14. The number of thiol groups is 1. The standard InChI is InChI=1S/C10H20N4O5S/c1-14(2)3-8(16)12-6(4-15)9(17)13-7(5-20)10(18)19-11/h6-7,15,20H,3-5,11H2,1-2H3,(H,12,16)(H,13,17)/t6-,7-/m0/s1. The number of aliphatic hydroxyl groups is 1. The van der Waals surface area contributed by atoms with Gasteiger partial charge in [0.1, 0.15) is 12.1 Å². The van der Waals surface area contributed by atoms with Crippen LogP contribution in [0.4, 0.5) is 0 Å². The molecule has 0 rings (SSSR count). The van der Waals surface area contributed by atoms with Crippen molar-refractivity contribution in [1.29, 1.82) is 0 Å². The molecule has 0 saturated carbocycles. The number of carbonyl (C=O) groups excluding carboxylic acids is 3. The Kier molecular flexibility index (Phi) is 8.88. The van der Waals surface area contributed by atoms with Gasteiger partial charge in [0.2, 0.25) is 11.8 Å². The largest absolute Gasteiger partial charge is 0.394 e. The van der Waals surface area contributed by atoms with Crippen molar-refractivity contribution in [2.75, 3.05) is 33.0 Å². The average Bonchev–Trinajstić information content (AvgIpc) is 2.40. The van der Waals surface area contributed by atoms with Gasteiger partial charge in [0, 0.05) is 5.75 Å². The molecule has 0 aromatic carbocycles. The third-order valence-electron chi connectivity index (χ3n) is 2.19. The SMILES string of the molecule is CN(C)CC(=O)N[C@@H](CO)C(=O)N[C@@H](CS)C(=O)ON. The third kappa shape index (κ3) is 6.70. The Bertz CT molecular complexity index is 353. The van der Waals surface area contributed by atoms with Gasteiger partial charge >= 0.3 is 5.97 Å². The van der Waals surface area contributed by atoms with Crippen LogP contribution in [-0.4, -0.2) is 72.9 Å². The van der Waals surface area contributed by atoms with Crippen molar-refractivity contribution in [3.63, 3.8) is 0 Å². The third-order valence-corrected chi connectivity index (χ3v) is 2.56. The molecule has 0 saturated heterocycles. The fraction of sp³-hybridized carbons (Fsp3) is 0.700. The minimum atomic E-state index is -1.17. The molecule has 0 aromatic heterocycles. The maximum Gasteiger partial charge on any atom is 0.347 e. The van der Waals surface area contributed by atoms with Crippen molar-refractivity contribution in [3.8, 4) is 0 Å². The van der Waals surface area contributed by atoms with Gasteiger partial charge in [-0.3, -0.25) is 9.59 Å². The second-order valence-electron chi connectivity index (χ2n) is 4.22. The number of rotatable bonds is 8. The van der Waals surface area contributed by atoms with Crippen molar-refractivity contribution in [1.82, 2.24) is 15.5 Å². The summed E-state index contributed by atoms with van der Waals surface area (Å²) in [5, 5.41) is 13.7. The minimum absolute atomic E-state index is 0.0361. The number of nitrogens with one attached hydrogen (secondary N) is 2. The first kappa shape index (κ1) is 18.6. The molecular weight excluding hydrogens is 288 g/mol. The highest BCUT2D eigenvalue weighted by Gasteiger charge is 2.26. The van der Waals surface area contributed by atoms with Crippen molar-refractivity contribution >= 4 is 30.4 Å². The zero-order chi connectivity index (χ0) is 15.7. The molecule has 10 heteroatoms. The van der Waals surface area contributed by atoms with Crippen molar-refractivity contribution < 1.29 is 24.3 Å². The van der Waals surface area contributed by atoms with Crippen LogP contribution in [0.3, 0.4) is 0 Å². The summed E-state index contributed by atoms with van der Waals surface area (Å²) in [5.41, 5.74) is 0. The van der Waals surface area contributed by atoms with E-state index in [1.807, 2.05) is 0 Å². The lowest BCUT2D eigenvalue weighted by Gasteiger charge is -2.20. The molecule has 0 spiro atoms. The van der Waals surface area contributed by atoms with E-state index in [1.165, 1.54) is 0 Å². The highest BCUT2D eigenvalue weighted by molar-refractivity contribution is 7.80. The van der Waals surface area contributed by atoms with Crippen LogP contribution >= 0.6 is 12.6 Å². The Labute approximate surface area is 122 Å².